The molecule has 0 bridgehead atoms. The number of aromatic nitrogens is 2. The van der Waals surface area contributed by atoms with E-state index in [-0.39, 0.29) is 23.4 Å². The molecule has 43 heavy (non-hydrogen) atoms. The Bertz CT molecular complexity index is 1630. The largest absolute Gasteiger partial charge is 0.438 e. The van der Waals surface area contributed by atoms with Gasteiger partial charge in [0.2, 0.25) is 5.88 Å². The van der Waals surface area contributed by atoms with Crippen molar-refractivity contribution < 1.29 is 27.1 Å². The molecule has 2 aromatic carbocycles. The number of likely N-dealkylation sites (tertiary alicyclic amines) is 1. The van der Waals surface area contributed by atoms with Gasteiger partial charge in [0.15, 0.2) is 0 Å². The number of pyridine rings is 2. The van der Waals surface area contributed by atoms with Crippen molar-refractivity contribution in [1.82, 2.24) is 14.9 Å². The average Bonchev–Trinajstić information content (AvgIpc) is 3.43. The predicted molar refractivity (Wildman–Crippen MR) is 157 cm³/mol. The van der Waals surface area contributed by atoms with Gasteiger partial charge in [-0.1, -0.05) is 0 Å². The molecule has 2 N–H and O–H groups in total. The molecule has 1 fully saturated rings. The lowest BCUT2D eigenvalue weighted by atomic mass is 10.1. The van der Waals surface area contributed by atoms with Crippen molar-refractivity contribution in [3.05, 3.63) is 90.0 Å². The fourth-order valence-electron chi connectivity index (χ4n) is 5.01. The fourth-order valence-corrected chi connectivity index (χ4v) is 5.01. The Hall–Kier alpha value is -4.71. The van der Waals surface area contributed by atoms with E-state index in [1.807, 2.05) is 11.9 Å². The van der Waals surface area contributed by atoms with Crippen molar-refractivity contribution in [3.8, 4) is 22.8 Å². The molecule has 12 heteroatoms. The molecule has 2 aromatic heterocycles. The Morgan fingerprint density at radius 1 is 1.07 bits per heavy atom. The molecule has 1 aliphatic heterocycles. The highest BCUT2D eigenvalue weighted by Gasteiger charge is 2.33. The first kappa shape index (κ1) is 29.8. The number of ether oxygens (including phenoxy) is 1. The van der Waals surface area contributed by atoms with Crippen LogP contribution in [0, 0.1) is 5.82 Å². The lowest BCUT2D eigenvalue weighted by Crippen LogP contribution is -2.34. The number of hydrogen-bond donors (Lipinski definition) is 2. The van der Waals surface area contributed by atoms with Crippen LogP contribution in [0.4, 0.5) is 34.8 Å². The number of rotatable bonds is 8. The number of benzene rings is 2. The van der Waals surface area contributed by atoms with Crippen LogP contribution in [0.5, 0.6) is 11.6 Å². The molecule has 1 aliphatic rings. The molecule has 1 saturated heterocycles. The molecule has 3 heterocycles. The minimum absolute atomic E-state index is 0.0306. The van der Waals surface area contributed by atoms with Crippen LogP contribution in [0.3, 0.4) is 0 Å². The second-order valence-electron chi connectivity index (χ2n) is 10.3. The maximum atomic E-state index is 15.0. The van der Waals surface area contributed by atoms with Crippen LogP contribution in [0.25, 0.3) is 11.1 Å². The van der Waals surface area contributed by atoms with Crippen molar-refractivity contribution in [1.29, 1.82) is 0 Å². The van der Waals surface area contributed by atoms with Crippen molar-refractivity contribution in [2.24, 2.45) is 0 Å². The molecule has 1 atom stereocenters. The third-order valence-corrected chi connectivity index (χ3v) is 7.36. The highest BCUT2D eigenvalue weighted by molar-refractivity contribution is 6.06. The first-order chi connectivity index (χ1) is 20.5. The smallest absolute Gasteiger partial charge is 0.416 e. The summed E-state index contributed by atoms with van der Waals surface area (Å²) in [7, 11) is 5.47. The number of anilines is 3. The number of likely N-dealkylation sites (N-methyl/N-ethyl adjacent to an activating group) is 2. The van der Waals surface area contributed by atoms with Gasteiger partial charge < -0.3 is 25.2 Å². The van der Waals surface area contributed by atoms with E-state index < -0.39 is 29.0 Å². The third kappa shape index (κ3) is 6.69. The van der Waals surface area contributed by atoms with Gasteiger partial charge in [0, 0.05) is 44.6 Å². The number of amides is 1. The first-order valence-electron chi connectivity index (χ1n) is 13.5. The van der Waals surface area contributed by atoms with Crippen LogP contribution >= 0.6 is 0 Å². The summed E-state index contributed by atoms with van der Waals surface area (Å²) in [6.45, 7) is 1.55. The van der Waals surface area contributed by atoms with E-state index >= 15 is 0 Å². The summed E-state index contributed by atoms with van der Waals surface area (Å²) in [5, 5.41) is 5.48. The summed E-state index contributed by atoms with van der Waals surface area (Å²) < 4.78 is 61.8. The van der Waals surface area contributed by atoms with Crippen LogP contribution in [-0.2, 0) is 6.18 Å². The molecule has 0 aliphatic carbocycles. The van der Waals surface area contributed by atoms with Crippen LogP contribution in [0.15, 0.2) is 73.1 Å². The van der Waals surface area contributed by atoms with Gasteiger partial charge in [-0.25, -0.2) is 14.4 Å². The molecule has 5 rings (SSSR count). The number of nitrogens with one attached hydrogen (secondary N) is 2. The molecule has 224 valence electrons. The van der Waals surface area contributed by atoms with E-state index in [2.05, 4.69) is 25.5 Å². The SMILES string of the molecule is CNc1cc(-c2cccnc2Oc2ccc(F)c(C(=O)Nc3cc(C(F)(F)F)ccc3N(C)[C@H]3CCN(C)C3)c2)ccn1. The van der Waals surface area contributed by atoms with E-state index in [0.29, 0.717) is 23.6 Å². The minimum atomic E-state index is -4.63. The number of halogens is 4. The van der Waals surface area contributed by atoms with Gasteiger partial charge in [-0.15, -0.1) is 0 Å². The standard InChI is InChI=1S/C31H30F4N6O2/c1-36-28-15-19(10-13-37-28)23-5-4-12-38-30(23)43-22-7-8-25(32)24(17-22)29(42)39-26-16-20(31(33,34)35)6-9-27(26)41(3)21-11-14-40(2)18-21/h4-10,12-13,15-17,21H,11,14,18H2,1-3H3,(H,36,37)(H,39,42)/t21-/m0/s1. The molecule has 0 spiro atoms. The Kier molecular flexibility index (Phi) is 8.49. The zero-order valence-electron chi connectivity index (χ0n) is 23.7. The van der Waals surface area contributed by atoms with Crippen molar-refractivity contribution in [3.63, 3.8) is 0 Å². The van der Waals surface area contributed by atoms with E-state index in [0.717, 1.165) is 36.7 Å². The summed E-state index contributed by atoms with van der Waals surface area (Å²) in [5.74, 6) is -0.831. The Labute approximate surface area is 246 Å². The lowest BCUT2D eigenvalue weighted by molar-refractivity contribution is -0.137. The lowest BCUT2D eigenvalue weighted by Gasteiger charge is -2.29. The summed E-state index contributed by atoms with van der Waals surface area (Å²) in [6, 6.07) is 13.9. The van der Waals surface area contributed by atoms with Crippen LogP contribution in [0.1, 0.15) is 22.3 Å². The van der Waals surface area contributed by atoms with Crippen molar-refractivity contribution in [2.45, 2.75) is 18.6 Å². The van der Waals surface area contributed by atoms with E-state index in [1.165, 1.54) is 24.4 Å². The number of carbonyl (C=O) groups excluding carboxylic acids is 1. The number of carbonyl (C=O) groups is 1. The maximum Gasteiger partial charge on any atom is 0.416 e. The molecule has 8 nitrogen and oxygen atoms in total. The van der Waals surface area contributed by atoms with Gasteiger partial charge in [0.25, 0.3) is 5.91 Å². The normalized spacial score (nSPS) is 15.3. The van der Waals surface area contributed by atoms with E-state index in [1.54, 1.807) is 44.6 Å². The molecule has 0 radical (unpaired) electrons. The third-order valence-electron chi connectivity index (χ3n) is 7.36. The van der Waals surface area contributed by atoms with Crippen LogP contribution in [0.2, 0.25) is 0 Å². The highest BCUT2D eigenvalue weighted by atomic mass is 19.4. The number of alkyl halides is 3. The minimum Gasteiger partial charge on any atom is -0.438 e. The monoisotopic (exact) mass is 594 g/mol. The quantitative estimate of drug-likeness (QED) is 0.225. The van der Waals surface area contributed by atoms with Crippen molar-refractivity contribution in [2.75, 3.05) is 49.8 Å². The van der Waals surface area contributed by atoms with Crippen LogP contribution < -0.4 is 20.3 Å². The van der Waals surface area contributed by atoms with Gasteiger partial charge in [0.1, 0.15) is 17.4 Å². The van der Waals surface area contributed by atoms with E-state index in [4.69, 9.17) is 4.74 Å². The predicted octanol–water partition coefficient (Wildman–Crippen LogP) is 6.53. The molecular weight excluding hydrogens is 564 g/mol. The molecular formula is C31H30F4N6O2. The van der Waals surface area contributed by atoms with E-state index in [9.17, 15) is 22.4 Å². The molecule has 0 saturated carbocycles. The van der Waals surface area contributed by atoms with Gasteiger partial charge in [-0.05, 0) is 86.2 Å². The fraction of sp³-hybridized carbons (Fsp3) is 0.258. The summed E-state index contributed by atoms with van der Waals surface area (Å²) in [6.07, 6.45) is -0.667. The summed E-state index contributed by atoms with van der Waals surface area (Å²) in [4.78, 5) is 25.8. The Balaban J connectivity index is 1.44. The van der Waals surface area contributed by atoms with Gasteiger partial charge in [-0.3, -0.25) is 4.79 Å². The summed E-state index contributed by atoms with van der Waals surface area (Å²) in [5.41, 5.74) is 0.380. The van der Waals surface area contributed by atoms with Crippen molar-refractivity contribution >= 4 is 23.1 Å². The molecule has 0 unspecified atom stereocenters. The summed E-state index contributed by atoms with van der Waals surface area (Å²) >= 11 is 0. The molecule has 4 aromatic rings. The molecule has 1 amide bonds. The zero-order chi connectivity index (χ0) is 30.7. The second-order valence-corrected chi connectivity index (χ2v) is 10.3. The number of hydrogen-bond acceptors (Lipinski definition) is 7. The van der Waals surface area contributed by atoms with Crippen LogP contribution in [-0.4, -0.2) is 61.0 Å². The topological polar surface area (TPSA) is 82.6 Å². The highest BCUT2D eigenvalue weighted by Crippen LogP contribution is 2.37. The maximum absolute atomic E-state index is 15.0. The van der Waals surface area contributed by atoms with Gasteiger partial charge in [-0.2, -0.15) is 13.2 Å². The van der Waals surface area contributed by atoms with Gasteiger partial charge >= 0.3 is 6.18 Å². The number of nitrogens with zero attached hydrogens (tertiary/aromatic N) is 4. The Morgan fingerprint density at radius 3 is 2.60 bits per heavy atom. The van der Waals surface area contributed by atoms with Gasteiger partial charge in [0.05, 0.1) is 22.5 Å². The Morgan fingerprint density at radius 2 is 1.88 bits per heavy atom. The first-order valence-corrected chi connectivity index (χ1v) is 13.5. The average molecular weight is 595 g/mol. The second kappa shape index (κ2) is 12.3. The zero-order valence-corrected chi connectivity index (χ0v) is 23.7.